The van der Waals surface area contributed by atoms with Crippen molar-refractivity contribution in [1.82, 2.24) is 4.98 Å². The van der Waals surface area contributed by atoms with Crippen molar-refractivity contribution in [2.45, 2.75) is 0 Å². The molecule has 2 rings (SSSR count). The molecule has 21 heavy (non-hydrogen) atoms. The molecule has 0 radical (unpaired) electrons. The molecule has 9 nitrogen and oxygen atoms in total. The molecular formula is C12H7N3O6. The van der Waals surface area contributed by atoms with Gasteiger partial charge in [0.25, 0.3) is 11.4 Å². The zero-order valence-electron chi connectivity index (χ0n) is 10.3. The van der Waals surface area contributed by atoms with E-state index in [-0.39, 0.29) is 11.3 Å². The van der Waals surface area contributed by atoms with Gasteiger partial charge >= 0.3 is 5.97 Å². The molecule has 0 N–H and O–H groups in total. The van der Waals surface area contributed by atoms with Gasteiger partial charge in [-0.25, -0.2) is 4.79 Å². The van der Waals surface area contributed by atoms with Crippen LogP contribution < -0.4 is 4.74 Å². The molecule has 0 bridgehead atoms. The minimum absolute atomic E-state index is 0.171. The highest BCUT2D eigenvalue weighted by molar-refractivity contribution is 5.92. The molecule has 0 unspecified atom stereocenters. The fourth-order valence-electron chi connectivity index (χ4n) is 1.50. The van der Waals surface area contributed by atoms with Gasteiger partial charge in [0.05, 0.1) is 21.5 Å². The first-order valence-electron chi connectivity index (χ1n) is 5.53. The summed E-state index contributed by atoms with van der Waals surface area (Å²) < 4.78 is 4.95. The number of hydrogen-bond donors (Lipinski definition) is 0. The third-order valence-corrected chi connectivity index (χ3v) is 2.42. The molecule has 0 aliphatic carbocycles. The predicted molar refractivity (Wildman–Crippen MR) is 68.9 cm³/mol. The maximum atomic E-state index is 11.9. The smallest absolute Gasteiger partial charge is 0.344 e. The van der Waals surface area contributed by atoms with Crippen molar-refractivity contribution in [2.24, 2.45) is 0 Å². The Morgan fingerprint density at radius 1 is 1.00 bits per heavy atom. The van der Waals surface area contributed by atoms with Crippen molar-refractivity contribution in [3.8, 4) is 5.75 Å². The zero-order chi connectivity index (χ0) is 15.4. The number of aromatic nitrogens is 1. The average molecular weight is 289 g/mol. The quantitative estimate of drug-likeness (QED) is 0.479. The maximum absolute atomic E-state index is 11.9. The van der Waals surface area contributed by atoms with Crippen molar-refractivity contribution >= 4 is 17.3 Å². The number of nitro groups is 2. The second-order valence-electron chi connectivity index (χ2n) is 3.82. The second kappa shape index (κ2) is 5.74. The molecular weight excluding hydrogens is 282 g/mol. The summed E-state index contributed by atoms with van der Waals surface area (Å²) in [6.07, 6.45) is 2.77. The van der Waals surface area contributed by atoms with Crippen LogP contribution in [-0.4, -0.2) is 20.8 Å². The lowest BCUT2D eigenvalue weighted by Crippen LogP contribution is -2.09. The summed E-state index contributed by atoms with van der Waals surface area (Å²) in [6.45, 7) is 0. The maximum Gasteiger partial charge on any atom is 0.344 e. The van der Waals surface area contributed by atoms with Crippen molar-refractivity contribution in [1.29, 1.82) is 0 Å². The van der Waals surface area contributed by atoms with Crippen molar-refractivity contribution < 1.29 is 19.4 Å². The lowest BCUT2D eigenvalue weighted by molar-refractivity contribution is -0.394. The Morgan fingerprint density at radius 2 is 1.52 bits per heavy atom. The summed E-state index contributed by atoms with van der Waals surface area (Å²) >= 11 is 0. The van der Waals surface area contributed by atoms with Crippen molar-refractivity contribution in [3.05, 3.63) is 68.5 Å². The SMILES string of the molecule is O=C(Oc1ccncc1)c1cc([N+](=O)[O-])cc([N+](=O)[O-])c1. The Hall–Kier alpha value is -3.36. The van der Waals surface area contributed by atoms with Crippen LogP contribution in [0.25, 0.3) is 0 Å². The Labute approximate surface area is 117 Å². The van der Waals surface area contributed by atoms with Gasteiger partial charge in [-0.15, -0.1) is 0 Å². The summed E-state index contributed by atoms with van der Waals surface area (Å²) in [5.74, 6) is -0.767. The number of pyridine rings is 1. The molecule has 1 heterocycles. The highest BCUT2D eigenvalue weighted by Gasteiger charge is 2.21. The molecule has 0 amide bonds. The van der Waals surface area contributed by atoms with Crippen LogP contribution in [-0.2, 0) is 0 Å². The highest BCUT2D eigenvalue weighted by atomic mass is 16.6. The van der Waals surface area contributed by atoms with E-state index in [0.29, 0.717) is 0 Å². The van der Waals surface area contributed by atoms with Gasteiger partial charge in [-0.05, 0) is 12.1 Å². The van der Waals surface area contributed by atoms with Crippen LogP contribution in [0.3, 0.4) is 0 Å². The Morgan fingerprint density at radius 3 is 2.00 bits per heavy atom. The van der Waals surface area contributed by atoms with E-state index >= 15 is 0 Å². The summed E-state index contributed by atoms with van der Waals surface area (Å²) in [5.41, 5.74) is -1.41. The van der Waals surface area contributed by atoms with Gasteiger partial charge in [0, 0.05) is 24.5 Å². The molecule has 0 spiro atoms. The number of ether oxygens (including phenoxy) is 1. The molecule has 2 aromatic rings. The van der Waals surface area contributed by atoms with Crippen LogP contribution in [0.2, 0.25) is 0 Å². The van der Waals surface area contributed by atoms with E-state index in [1.165, 1.54) is 24.5 Å². The fourth-order valence-corrected chi connectivity index (χ4v) is 1.50. The van der Waals surface area contributed by atoms with Gasteiger partial charge in [0.2, 0.25) is 0 Å². The molecule has 1 aromatic carbocycles. The van der Waals surface area contributed by atoms with E-state index in [1.807, 2.05) is 0 Å². The molecule has 0 saturated carbocycles. The number of benzene rings is 1. The molecule has 0 saturated heterocycles. The monoisotopic (exact) mass is 289 g/mol. The third-order valence-electron chi connectivity index (χ3n) is 2.42. The number of non-ortho nitro benzene ring substituents is 2. The number of carbonyl (C=O) groups is 1. The lowest BCUT2D eigenvalue weighted by Gasteiger charge is -2.03. The van der Waals surface area contributed by atoms with Crippen LogP contribution in [0.5, 0.6) is 5.75 Å². The first kappa shape index (κ1) is 14.1. The molecule has 0 fully saturated rings. The third kappa shape index (κ3) is 3.35. The first-order chi connectivity index (χ1) is 9.97. The first-order valence-corrected chi connectivity index (χ1v) is 5.53. The molecule has 106 valence electrons. The fraction of sp³-hybridized carbons (Fsp3) is 0. The predicted octanol–water partition coefficient (Wildman–Crippen LogP) is 2.12. The van der Waals surface area contributed by atoms with Gasteiger partial charge in [0.1, 0.15) is 5.75 Å². The summed E-state index contributed by atoms with van der Waals surface area (Å²) in [5, 5.41) is 21.5. The molecule has 0 aliphatic heterocycles. The Balaban J connectivity index is 2.36. The number of nitrogens with zero attached hydrogens (tertiary/aromatic N) is 3. The van der Waals surface area contributed by atoms with E-state index in [1.54, 1.807) is 0 Å². The second-order valence-corrected chi connectivity index (χ2v) is 3.82. The van der Waals surface area contributed by atoms with Crippen molar-refractivity contribution in [3.63, 3.8) is 0 Å². The summed E-state index contributed by atoms with van der Waals surface area (Å²) in [6, 6.07) is 5.41. The van der Waals surface area contributed by atoms with Crippen LogP contribution in [0, 0.1) is 20.2 Å². The van der Waals surface area contributed by atoms with Crippen LogP contribution in [0.4, 0.5) is 11.4 Å². The minimum atomic E-state index is -0.937. The van der Waals surface area contributed by atoms with Gasteiger partial charge < -0.3 is 4.74 Å². The van der Waals surface area contributed by atoms with E-state index < -0.39 is 27.2 Å². The van der Waals surface area contributed by atoms with E-state index in [4.69, 9.17) is 4.74 Å². The highest BCUT2D eigenvalue weighted by Crippen LogP contribution is 2.23. The van der Waals surface area contributed by atoms with Gasteiger partial charge in [-0.3, -0.25) is 25.2 Å². The van der Waals surface area contributed by atoms with Crippen molar-refractivity contribution in [2.75, 3.05) is 0 Å². The lowest BCUT2D eigenvalue weighted by atomic mass is 10.2. The van der Waals surface area contributed by atoms with Gasteiger partial charge in [-0.1, -0.05) is 0 Å². The Kier molecular flexibility index (Phi) is 3.84. The zero-order valence-corrected chi connectivity index (χ0v) is 10.3. The normalized spacial score (nSPS) is 9.90. The molecule has 1 aromatic heterocycles. The van der Waals surface area contributed by atoms with E-state index in [0.717, 1.165) is 18.2 Å². The topological polar surface area (TPSA) is 125 Å². The van der Waals surface area contributed by atoms with Gasteiger partial charge in [-0.2, -0.15) is 0 Å². The number of rotatable bonds is 4. The van der Waals surface area contributed by atoms with E-state index in [9.17, 15) is 25.0 Å². The van der Waals surface area contributed by atoms with E-state index in [2.05, 4.69) is 4.98 Å². The van der Waals surface area contributed by atoms with Crippen LogP contribution in [0.1, 0.15) is 10.4 Å². The summed E-state index contributed by atoms with van der Waals surface area (Å²) in [7, 11) is 0. The number of nitro benzene ring substituents is 2. The largest absolute Gasteiger partial charge is 0.423 e. The molecule has 0 atom stereocenters. The Bertz CT molecular complexity index is 684. The summed E-state index contributed by atoms with van der Waals surface area (Å²) in [4.78, 5) is 35.4. The minimum Gasteiger partial charge on any atom is -0.423 e. The molecule has 9 heteroatoms. The number of carbonyl (C=O) groups excluding carboxylic acids is 1. The van der Waals surface area contributed by atoms with Gasteiger partial charge in [0.15, 0.2) is 0 Å². The average Bonchev–Trinajstić information content (AvgIpc) is 2.47. The number of hydrogen-bond acceptors (Lipinski definition) is 7. The van der Waals surface area contributed by atoms with Crippen LogP contribution in [0.15, 0.2) is 42.7 Å². The molecule has 0 aliphatic rings. The number of esters is 1. The standard InChI is InChI=1S/C12H7N3O6/c16-12(21-11-1-3-13-4-2-11)8-5-9(14(17)18)7-10(6-8)15(19)20/h1-7H. The van der Waals surface area contributed by atoms with Crippen LogP contribution >= 0.6 is 0 Å².